The first-order chi connectivity index (χ1) is 9.19. The summed E-state index contributed by atoms with van der Waals surface area (Å²) in [6, 6.07) is 3.43. The number of aromatic nitrogens is 1. The molecule has 1 aromatic heterocycles. The maximum absolute atomic E-state index is 10.7. The van der Waals surface area contributed by atoms with Crippen molar-refractivity contribution in [3.05, 3.63) is 29.6 Å². The van der Waals surface area contributed by atoms with Crippen LogP contribution in [0.5, 0.6) is 0 Å². The first-order valence-corrected chi connectivity index (χ1v) is 6.82. The van der Waals surface area contributed by atoms with Crippen molar-refractivity contribution < 1.29 is 9.90 Å². The molecule has 1 aromatic rings. The van der Waals surface area contributed by atoms with Gasteiger partial charge in [0, 0.05) is 38.9 Å². The van der Waals surface area contributed by atoms with Gasteiger partial charge in [0.1, 0.15) is 0 Å². The summed E-state index contributed by atoms with van der Waals surface area (Å²) in [4.78, 5) is 19.8. The number of aromatic carboxylic acids is 1. The number of hydrogen-bond donors (Lipinski definition) is 1. The van der Waals surface area contributed by atoms with E-state index in [9.17, 15) is 4.79 Å². The van der Waals surface area contributed by atoms with E-state index >= 15 is 0 Å². The number of hydrogen-bond acceptors (Lipinski definition) is 4. The van der Waals surface area contributed by atoms with Crippen LogP contribution in [0.25, 0.3) is 0 Å². The molecule has 0 amide bonds. The molecule has 0 radical (unpaired) electrons. The molecule has 0 saturated carbocycles. The summed E-state index contributed by atoms with van der Waals surface area (Å²) in [6.07, 6.45) is 2.64. The van der Waals surface area contributed by atoms with Crippen LogP contribution in [0.1, 0.15) is 29.4 Å². The van der Waals surface area contributed by atoms with E-state index in [1.165, 1.54) is 19.2 Å². The third-order valence-corrected chi connectivity index (χ3v) is 3.46. The van der Waals surface area contributed by atoms with Gasteiger partial charge in [-0.05, 0) is 25.1 Å². The monoisotopic (exact) mass is 263 g/mol. The standard InChI is InChI=1S/C14H21N3O2/c1-2-5-16-6-8-17(9-7-16)11-13-4-3-12(10-15-13)14(18)19/h3-4,10H,2,5-9,11H2,1H3,(H,18,19). The molecule has 0 aromatic carbocycles. The molecule has 1 fully saturated rings. The fourth-order valence-electron chi connectivity index (χ4n) is 2.36. The molecule has 5 nitrogen and oxygen atoms in total. The topological polar surface area (TPSA) is 56.7 Å². The predicted molar refractivity (Wildman–Crippen MR) is 73.2 cm³/mol. The summed E-state index contributed by atoms with van der Waals surface area (Å²) in [7, 11) is 0. The predicted octanol–water partition coefficient (Wildman–Crippen LogP) is 1.31. The van der Waals surface area contributed by atoms with Crippen molar-refractivity contribution in [1.82, 2.24) is 14.8 Å². The van der Waals surface area contributed by atoms with Crippen LogP contribution >= 0.6 is 0 Å². The van der Waals surface area contributed by atoms with Gasteiger partial charge in [0.15, 0.2) is 0 Å². The van der Waals surface area contributed by atoms with Crippen LogP contribution in [0.4, 0.5) is 0 Å². The van der Waals surface area contributed by atoms with Crippen LogP contribution in [-0.2, 0) is 6.54 Å². The minimum atomic E-state index is -0.924. The minimum absolute atomic E-state index is 0.247. The van der Waals surface area contributed by atoms with E-state index < -0.39 is 5.97 Å². The summed E-state index contributed by atoms with van der Waals surface area (Å²) in [5.41, 5.74) is 1.19. The van der Waals surface area contributed by atoms with E-state index in [-0.39, 0.29) is 5.56 Å². The summed E-state index contributed by atoms with van der Waals surface area (Å²) in [5, 5.41) is 8.82. The number of piperazine rings is 1. The van der Waals surface area contributed by atoms with Crippen molar-refractivity contribution >= 4 is 5.97 Å². The van der Waals surface area contributed by atoms with Crippen molar-refractivity contribution in [2.24, 2.45) is 0 Å². The molecular formula is C14H21N3O2. The zero-order valence-corrected chi connectivity index (χ0v) is 11.4. The van der Waals surface area contributed by atoms with Crippen LogP contribution in [0.2, 0.25) is 0 Å². The maximum atomic E-state index is 10.7. The second-order valence-electron chi connectivity index (χ2n) is 4.96. The fourth-order valence-corrected chi connectivity index (χ4v) is 2.36. The van der Waals surface area contributed by atoms with Crippen LogP contribution in [0.15, 0.2) is 18.3 Å². The number of carboxylic acids is 1. The SMILES string of the molecule is CCCN1CCN(Cc2ccc(C(=O)O)cn2)CC1. The molecule has 2 rings (SSSR count). The molecule has 0 atom stereocenters. The fraction of sp³-hybridized carbons (Fsp3) is 0.571. The first kappa shape index (κ1) is 14.0. The maximum Gasteiger partial charge on any atom is 0.337 e. The van der Waals surface area contributed by atoms with Gasteiger partial charge in [-0.1, -0.05) is 6.92 Å². The Morgan fingerprint density at radius 1 is 1.26 bits per heavy atom. The van der Waals surface area contributed by atoms with E-state index in [1.807, 2.05) is 6.07 Å². The van der Waals surface area contributed by atoms with Gasteiger partial charge in [0.25, 0.3) is 0 Å². The van der Waals surface area contributed by atoms with Crippen LogP contribution < -0.4 is 0 Å². The lowest BCUT2D eigenvalue weighted by molar-refractivity contribution is 0.0696. The third-order valence-electron chi connectivity index (χ3n) is 3.46. The Labute approximate surface area is 113 Å². The van der Waals surface area contributed by atoms with Crippen molar-refractivity contribution in [3.8, 4) is 0 Å². The average Bonchev–Trinajstić information content (AvgIpc) is 2.42. The lowest BCUT2D eigenvalue weighted by atomic mass is 10.2. The van der Waals surface area contributed by atoms with Gasteiger partial charge in [0.05, 0.1) is 11.3 Å². The zero-order chi connectivity index (χ0) is 13.7. The highest BCUT2D eigenvalue weighted by Crippen LogP contribution is 2.08. The quantitative estimate of drug-likeness (QED) is 0.868. The number of pyridine rings is 1. The van der Waals surface area contributed by atoms with Gasteiger partial charge < -0.3 is 10.0 Å². The Balaban J connectivity index is 1.83. The highest BCUT2D eigenvalue weighted by Gasteiger charge is 2.16. The second kappa shape index (κ2) is 6.63. The number of rotatable bonds is 5. The van der Waals surface area contributed by atoms with Crippen LogP contribution in [0.3, 0.4) is 0 Å². The molecule has 0 aliphatic carbocycles. The highest BCUT2D eigenvalue weighted by molar-refractivity contribution is 5.87. The van der Waals surface area contributed by atoms with E-state index in [0.29, 0.717) is 0 Å². The van der Waals surface area contributed by atoms with E-state index in [2.05, 4.69) is 21.7 Å². The molecule has 1 N–H and O–H groups in total. The summed E-state index contributed by atoms with van der Waals surface area (Å²) < 4.78 is 0. The van der Waals surface area contributed by atoms with Crippen LogP contribution in [0, 0.1) is 0 Å². The van der Waals surface area contributed by atoms with Crippen LogP contribution in [-0.4, -0.2) is 58.6 Å². The lowest BCUT2D eigenvalue weighted by Crippen LogP contribution is -2.46. The van der Waals surface area contributed by atoms with Gasteiger partial charge in [-0.25, -0.2) is 4.79 Å². The van der Waals surface area contributed by atoms with Gasteiger partial charge in [-0.3, -0.25) is 9.88 Å². The Morgan fingerprint density at radius 2 is 1.95 bits per heavy atom. The van der Waals surface area contributed by atoms with Gasteiger partial charge in [-0.2, -0.15) is 0 Å². The first-order valence-electron chi connectivity index (χ1n) is 6.82. The van der Waals surface area contributed by atoms with Gasteiger partial charge >= 0.3 is 5.97 Å². The molecule has 1 saturated heterocycles. The smallest absolute Gasteiger partial charge is 0.337 e. The minimum Gasteiger partial charge on any atom is -0.478 e. The Morgan fingerprint density at radius 3 is 2.47 bits per heavy atom. The molecule has 5 heteroatoms. The normalized spacial score (nSPS) is 17.5. The molecule has 104 valence electrons. The molecule has 0 unspecified atom stereocenters. The lowest BCUT2D eigenvalue weighted by Gasteiger charge is -2.34. The molecular weight excluding hydrogens is 242 g/mol. The molecule has 0 bridgehead atoms. The zero-order valence-electron chi connectivity index (χ0n) is 11.4. The van der Waals surface area contributed by atoms with Crippen molar-refractivity contribution in [2.45, 2.75) is 19.9 Å². The average molecular weight is 263 g/mol. The largest absolute Gasteiger partial charge is 0.478 e. The molecule has 2 heterocycles. The Bertz CT molecular complexity index is 411. The summed E-state index contributed by atoms with van der Waals surface area (Å²) >= 11 is 0. The summed E-state index contributed by atoms with van der Waals surface area (Å²) in [5.74, 6) is -0.924. The van der Waals surface area contributed by atoms with Gasteiger partial charge in [0.2, 0.25) is 0 Å². The van der Waals surface area contributed by atoms with E-state index in [0.717, 1.165) is 38.4 Å². The van der Waals surface area contributed by atoms with Crippen molar-refractivity contribution in [1.29, 1.82) is 0 Å². The van der Waals surface area contributed by atoms with Crippen molar-refractivity contribution in [2.75, 3.05) is 32.7 Å². The van der Waals surface area contributed by atoms with E-state index in [1.54, 1.807) is 6.07 Å². The van der Waals surface area contributed by atoms with Gasteiger partial charge in [-0.15, -0.1) is 0 Å². The van der Waals surface area contributed by atoms with E-state index in [4.69, 9.17) is 5.11 Å². The number of carbonyl (C=O) groups is 1. The van der Waals surface area contributed by atoms with Crippen molar-refractivity contribution in [3.63, 3.8) is 0 Å². The Kier molecular flexibility index (Phi) is 4.87. The second-order valence-corrected chi connectivity index (χ2v) is 4.96. The number of carboxylic acid groups (broad SMARTS) is 1. The molecule has 1 aliphatic rings. The Hall–Kier alpha value is -1.46. The third kappa shape index (κ3) is 4.01. The highest BCUT2D eigenvalue weighted by atomic mass is 16.4. The molecule has 19 heavy (non-hydrogen) atoms. The molecule has 1 aliphatic heterocycles. The molecule has 0 spiro atoms. The number of nitrogens with zero attached hydrogens (tertiary/aromatic N) is 3. The summed E-state index contributed by atoms with van der Waals surface area (Å²) in [6.45, 7) is 8.53.